The molecule has 25 heavy (non-hydrogen) atoms. The van der Waals surface area contributed by atoms with Gasteiger partial charge in [0.05, 0.1) is 4.90 Å². The molecule has 0 heterocycles. The van der Waals surface area contributed by atoms with E-state index < -0.39 is 15.9 Å². The standard InChI is InChI=1S/C18H18N2O4S/c1-13-5-3-4-6-16(13)25(23,24)20-17(21)12-9-14-7-10-15(11-8-14)18(22)19-2/h3-12H,1-2H3,(H,19,22)(H,20,21)/b12-9+. The van der Waals surface area contributed by atoms with Crippen LogP contribution in [-0.4, -0.2) is 27.3 Å². The van der Waals surface area contributed by atoms with Gasteiger partial charge >= 0.3 is 0 Å². The van der Waals surface area contributed by atoms with Gasteiger partial charge in [0.15, 0.2) is 0 Å². The van der Waals surface area contributed by atoms with Crippen LogP contribution in [0.4, 0.5) is 0 Å². The van der Waals surface area contributed by atoms with E-state index in [0.717, 1.165) is 6.08 Å². The number of aryl methyl sites for hydroxylation is 1. The number of hydrogen-bond donors (Lipinski definition) is 2. The average Bonchev–Trinajstić information content (AvgIpc) is 2.59. The van der Waals surface area contributed by atoms with Crippen LogP contribution >= 0.6 is 0 Å². The zero-order chi connectivity index (χ0) is 18.4. The number of sulfonamides is 1. The number of amides is 2. The molecule has 2 aromatic carbocycles. The molecule has 0 bridgehead atoms. The predicted octanol–water partition coefficient (Wildman–Crippen LogP) is 1.87. The Morgan fingerprint density at radius 1 is 1.00 bits per heavy atom. The summed E-state index contributed by atoms with van der Waals surface area (Å²) in [6, 6.07) is 12.9. The van der Waals surface area contributed by atoms with Gasteiger partial charge < -0.3 is 5.32 Å². The summed E-state index contributed by atoms with van der Waals surface area (Å²) in [5.41, 5.74) is 1.71. The summed E-state index contributed by atoms with van der Waals surface area (Å²) in [6.45, 7) is 1.66. The van der Waals surface area contributed by atoms with Gasteiger partial charge in [0.25, 0.3) is 21.8 Å². The lowest BCUT2D eigenvalue weighted by molar-refractivity contribution is -0.114. The molecule has 2 amide bonds. The lowest BCUT2D eigenvalue weighted by Crippen LogP contribution is -2.29. The summed E-state index contributed by atoms with van der Waals surface area (Å²) in [7, 11) is -2.38. The van der Waals surface area contributed by atoms with E-state index in [0.29, 0.717) is 16.7 Å². The molecule has 0 aliphatic heterocycles. The van der Waals surface area contributed by atoms with E-state index in [-0.39, 0.29) is 10.8 Å². The Bertz CT molecular complexity index is 916. The minimum Gasteiger partial charge on any atom is -0.355 e. The highest BCUT2D eigenvalue weighted by molar-refractivity contribution is 7.90. The monoisotopic (exact) mass is 358 g/mol. The highest BCUT2D eigenvalue weighted by Gasteiger charge is 2.17. The summed E-state index contributed by atoms with van der Waals surface area (Å²) in [5.74, 6) is -0.962. The molecule has 0 saturated carbocycles. The van der Waals surface area contributed by atoms with Crippen LogP contribution in [0.5, 0.6) is 0 Å². The molecule has 0 fully saturated rings. The van der Waals surface area contributed by atoms with E-state index in [9.17, 15) is 18.0 Å². The third kappa shape index (κ3) is 4.77. The predicted molar refractivity (Wildman–Crippen MR) is 95.4 cm³/mol. The topological polar surface area (TPSA) is 92.3 Å². The quantitative estimate of drug-likeness (QED) is 0.798. The maximum atomic E-state index is 12.2. The molecule has 2 rings (SSSR count). The van der Waals surface area contributed by atoms with Gasteiger partial charge in [0, 0.05) is 18.7 Å². The zero-order valence-corrected chi connectivity index (χ0v) is 14.6. The molecule has 0 saturated heterocycles. The minimum absolute atomic E-state index is 0.0617. The van der Waals surface area contributed by atoms with E-state index in [1.807, 2.05) is 4.72 Å². The van der Waals surface area contributed by atoms with Crippen molar-refractivity contribution in [3.63, 3.8) is 0 Å². The Kier molecular flexibility index (Phi) is 5.71. The molecule has 7 heteroatoms. The van der Waals surface area contributed by atoms with Crippen molar-refractivity contribution in [2.24, 2.45) is 0 Å². The van der Waals surface area contributed by atoms with Gasteiger partial charge in [0.2, 0.25) is 0 Å². The zero-order valence-electron chi connectivity index (χ0n) is 13.8. The highest BCUT2D eigenvalue weighted by Crippen LogP contribution is 2.13. The van der Waals surface area contributed by atoms with Crippen molar-refractivity contribution in [3.05, 3.63) is 71.3 Å². The van der Waals surface area contributed by atoms with Crippen LogP contribution in [0.3, 0.4) is 0 Å². The molecule has 130 valence electrons. The number of rotatable bonds is 5. The highest BCUT2D eigenvalue weighted by atomic mass is 32.2. The third-order valence-corrected chi connectivity index (χ3v) is 4.95. The summed E-state index contributed by atoms with van der Waals surface area (Å²) >= 11 is 0. The Balaban J connectivity index is 2.08. The van der Waals surface area contributed by atoms with Crippen LogP contribution in [0.1, 0.15) is 21.5 Å². The van der Waals surface area contributed by atoms with Gasteiger partial charge in [-0.05, 0) is 42.3 Å². The second kappa shape index (κ2) is 7.76. The van der Waals surface area contributed by atoms with Crippen molar-refractivity contribution in [2.75, 3.05) is 7.05 Å². The lowest BCUT2D eigenvalue weighted by atomic mass is 10.1. The summed E-state index contributed by atoms with van der Waals surface area (Å²) in [5, 5.41) is 2.51. The number of carbonyl (C=O) groups excluding carboxylic acids is 2. The first-order valence-electron chi connectivity index (χ1n) is 7.46. The Hall–Kier alpha value is -2.93. The molecule has 0 aliphatic rings. The Morgan fingerprint density at radius 3 is 2.24 bits per heavy atom. The molecule has 2 aromatic rings. The second-order valence-electron chi connectivity index (χ2n) is 5.27. The molecule has 0 atom stereocenters. The number of nitrogens with one attached hydrogen (secondary N) is 2. The number of carbonyl (C=O) groups is 2. The smallest absolute Gasteiger partial charge is 0.264 e. The van der Waals surface area contributed by atoms with Crippen LogP contribution in [0.25, 0.3) is 6.08 Å². The first kappa shape index (κ1) is 18.4. The summed E-state index contributed by atoms with van der Waals surface area (Å²) in [4.78, 5) is 23.4. The molecule has 0 spiro atoms. The normalized spacial score (nSPS) is 11.3. The van der Waals surface area contributed by atoms with Gasteiger partial charge in [0.1, 0.15) is 0 Å². The fraction of sp³-hybridized carbons (Fsp3) is 0.111. The first-order chi connectivity index (χ1) is 11.8. The van der Waals surface area contributed by atoms with Gasteiger partial charge in [-0.25, -0.2) is 13.1 Å². The van der Waals surface area contributed by atoms with Crippen LogP contribution in [0.15, 0.2) is 59.5 Å². The first-order valence-corrected chi connectivity index (χ1v) is 8.94. The van der Waals surface area contributed by atoms with Gasteiger partial charge in [-0.1, -0.05) is 30.3 Å². The second-order valence-corrected chi connectivity index (χ2v) is 6.92. The summed E-state index contributed by atoms with van der Waals surface area (Å²) < 4.78 is 26.4. The maximum Gasteiger partial charge on any atom is 0.264 e. The van der Waals surface area contributed by atoms with Crippen molar-refractivity contribution < 1.29 is 18.0 Å². The van der Waals surface area contributed by atoms with Crippen molar-refractivity contribution >= 4 is 27.9 Å². The van der Waals surface area contributed by atoms with E-state index in [4.69, 9.17) is 0 Å². The molecule has 2 N–H and O–H groups in total. The number of hydrogen-bond acceptors (Lipinski definition) is 4. The molecule has 0 unspecified atom stereocenters. The van der Waals surface area contributed by atoms with Crippen LogP contribution < -0.4 is 10.0 Å². The molecular weight excluding hydrogens is 340 g/mol. The van der Waals surface area contributed by atoms with Crippen molar-refractivity contribution in [1.29, 1.82) is 0 Å². The Labute approximate surface area is 146 Å². The molecule has 6 nitrogen and oxygen atoms in total. The van der Waals surface area contributed by atoms with E-state index in [2.05, 4.69) is 5.32 Å². The Morgan fingerprint density at radius 2 is 1.64 bits per heavy atom. The third-order valence-electron chi connectivity index (χ3n) is 3.45. The van der Waals surface area contributed by atoms with E-state index >= 15 is 0 Å². The number of benzene rings is 2. The fourth-order valence-corrected chi connectivity index (χ4v) is 3.33. The van der Waals surface area contributed by atoms with Gasteiger partial charge in [-0.15, -0.1) is 0 Å². The lowest BCUT2D eigenvalue weighted by Gasteiger charge is -2.07. The van der Waals surface area contributed by atoms with Crippen molar-refractivity contribution in [1.82, 2.24) is 10.0 Å². The van der Waals surface area contributed by atoms with Crippen LogP contribution in [0, 0.1) is 6.92 Å². The van der Waals surface area contributed by atoms with Gasteiger partial charge in [-0.2, -0.15) is 0 Å². The van der Waals surface area contributed by atoms with Gasteiger partial charge in [-0.3, -0.25) is 9.59 Å². The fourth-order valence-electron chi connectivity index (χ4n) is 2.14. The molecule has 0 aliphatic carbocycles. The molecular formula is C18H18N2O4S. The largest absolute Gasteiger partial charge is 0.355 e. The van der Waals surface area contributed by atoms with E-state index in [1.165, 1.54) is 19.2 Å². The summed E-state index contributed by atoms with van der Waals surface area (Å²) in [6.07, 6.45) is 2.60. The minimum atomic E-state index is -3.92. The van der Waals surface area contributed by atoms with Crippen molar-refractivity contribution in [3.8, 4) is 0 Å². The van der Waals surface area contributed by atoms with E-state index in [1.54, 1.807) is 49.4 Å². The maximum absolute atomic E-state index is 12.2. The average molecular weight is 358 g/mol. The molecule has 0 radical (unpaired) electrons. The van der Waals surface area contributed by atoms with Crippen molar-refractivity contribution in [2.45, 2.75) is 11.8 Å². The van der Waals surface area contributed by atoms with Crippen LogP contribution in [0.2, 0.25) is 0 Å². The SMILES string of the molecule is CNC(=O)c1ccc(/C=C/C(=O)NS(=O)(=O)c2ccccc2C)cc1. The van der Waals surface area contributed by atoms with Crippen LogP contribution in [-0.2, 0) is 14.8 Å². The molecule has 0 aromatic heterocycles.